The van der Waals surface area contributed by atoms with E-state index in [1.165, 1.54) is 24.0 Å². The van der Waals surface area contributed by atoms with Crippen molar-refractivity contribution in [2.75, 3.05) is 19.8 Å². The van der Waals surface area contributed by atoms with E-state index in [1.807, 2.05) is 12.1 Å². The van der Waals surface area contributed by atoms with Gasteiger partial charge in [0.05, 0.1) is 13.2 Å². The highest BCUT2D eigenvalue weighted by atomic mass is 16.7. The van der Waals surface area contributed by atoms with Crippen LogP contribution in [0.1, 0.15) is 49.7 Å². The zero-order chi connectivity index (χ0) is 17.2. The van der Waals surface area contributed by atoms with Crippen molar-refractivity contribution in [3.63, 3.8) is 0 Å². The summed E-state index contributed by atoms with van der Waals surface area (Å²) in [6, 6.07) is 5.99. The number of hydrogen-bond donors (Lipinski definition) is 2. The number of rotatable bonds is 1. The molecule has 4 heteroatoms. The van der Waals surface area contributed by atoms with Crippen LogP contribution in [-0.4, -0.2) is 30.7 Å². The minimum Gasteiger partial charge on any atom is -0.508 e. The normalized spacial score (nSPS) is 41.4. The van der Waals surface area contributed by atoms with E-state index in [0.29, 0.717) is 29.4 Å². The van der Waals surface area contributed by atoms with Gasteiger partial charge in [0.15, 0.2) is 5.79 Å². The van der Waals surface area contributed by atoms with Gasteiger partial charge in [-0.1, -0.05) is 13.0 Å². The first-order chi connectivity index (χ1) is 12.1. The summed E-state index contributed by atoms with van der Waals surface area (Å²) in [7, 11) is 0. The summed E-state index contributed by atoms with van der Waals surface area (Å²) in [5, 5.41) is 9.85. The Hall–Kier alpha value is -1.10. The highest BCUT2D eigenvalue weighted by Gasteiger charge is 2.68. The first-order valence-electron chi connectivity index (χ1n) is 9.88. The first kappa shape index (κ1) is 16.1. The minimum absolute atomic E-state index is 0.0725. The fourth-order valence-corrected chi connectivity index (χ4v) is 6.97. The number of hydrogen-bond acceptors (Lipinski definition) is 4. The summed E-state index contributed by atoms with van der Waals surface area (Å²) < 4.78 is 12.5. The van der Waals surface area contributed by atoms with Crippen LogP contribution >= 0.6 is 0 Å². The van der Waals surface area contributed by atoms with E-state index >= 15 is 0 Å². The Kier molecular flexibility index (Phi) is 3.51. The number of aryl methyl sites for hydroxylation is 1. The molecule has 0 radical (unpaired) electrons. The van der Waals surface area contributed by atoms with Crippen molar-refractivity contribution in [3.05, 3.63) is 29.3 Å². The van der Waals surface area contributed by atoms with Crippen molar-refractivity contribution < 1.29 is 14.6 Å². The summed E-state index contributed by atoms with van der Waals surface area (Å²) in [4.78, 5) is 0. The highest BCUT2D eigenvalue weighted by Crippen LogP contribution is 2.67. The monoisotopic (exact) mass is 343 g/mol. The van der Waals surface area contributed by atoms with E-state index in [9.17, 15) is 5.11 Å². The molecule has 0 aromatic heterocycles. The Bertz CT molecular complexity index is 684. The second-order valence-electron chi connectivity index (χ2n) is 8.82. The van der Waals surface area contributed by atoms with Gasteiger partial charge in [0.2, 0.25) is 0 Å². The van der Waals surface area contributed by atoms with Crippen LogP contribution in [0.15, 0.2) is 18.2 Å². The third-order valence-electron chi connectivity index (χ3n) is 7.93. The van der Waals surface area contributed by atoms with Crippen molar-refractivity contribution in [1.29, 1.82) is 0 Å². The summed E-state index contributed by atoms with van der Waals surface area (Å²) in [5.74, 6) is 2.28. The average molecular weight is 343 g/mol. The molecule has 1 saturated heterocycles. The third kappa shape index (κ3) is 2.05. The summed E-state index contributed by atoms with van der Waals surface area (Å²) >= 11 is 0. The smallest absolute Gasteiger partial charge is 0.174 e. The lowest BCUT2D eigenvalue weighted by Crippen LogP contribution is -2.52. The van der Waals surface area contributed by atoms with Crippen LogP contribution < -0.4 is 5.73 Å². The molecule has 1 heterocycles. The molecule has 4 unspecified atom stereocenters. The van der Waals surface area contributed by atoms with Crippen molar-refractivity contribution in [3.8, 4) is 5.75 Å². The first-order valence-corrected chi connectivity index (χ1v) is 9.88. The fourth-order valence-electron chi connectivity index (χ4n) is 6.97. The van der Waals surface area contributed by atoms with Crippen LogP contribution in [0, 0.1) is 23.2 Å². The van der Waals surface area contributed by atoms with E-state index in [-0.39, 0.29) is 5.41 Å². The average Bonchev–Trinajstić information content (AvgIpc) is 3.18. The van der Waals surface area contributed by atoms with E-state index in [1.54, 1.807) is 0 Å². The molecule has 25 heavy (non-hydrogen) atoms. The number of aromatic hydroxyl groups is 1. The van der Waals surface area contributed by atoms with Gasteiger partial charge >= 0.3 is 0 Å². The number of ether oxygens (including phenoxy) is 2. The highest BCUT2D eigenvalue weighted by molar-refractivity contribution is 5.40. The van der Waals surface area contributed by atoms with Gasteiger partial charge in [0, 0.05) is 11.8 Å². The van der Waals surface area contributed by atoms with Crippen LogP contribution in [0.2, 0.25) is 0 Å². The van der Waals surface area contributed by atoms with Crippen molar-refractivity contribution >= 4 is 0 Å². The predicted molar refractivity (Wildman–Crippen MR) is 95.3 cm³/mol. The van der Waals surface area contributed by atoms with Gasteiger partial charge in [-0.15, -0.1) is 0 Å². The quantitative estimate of drug-likeness (QED) is 0.822. The molecule has 2 saturated carbocycles. The second-order valence-corrected chi connectivity index (χ2v) is 8.82. The van der Waals surface area contributed by atoms with Crippen LogP contribution in [-0.2, 0) is 15.9 Å². The van der Waals surface area contributed by atoms with E-state index in [2.05, 4.69) is 13.0 Å². The molecule has 3 N–H and O–H groups in total. The SMILES string of the molecule is CC12CCC3c4ccc(O)cc4CCC3C1[C@@H](CN)CC21OCCO1. The molecular formula is C21H29NO3. The van der Waals surface area contributed by atoms with Crippen LogP contribution in [0.3, 0.4) is 0 Å². The lowest BCUT2D eigenvalue weighted by Gasteiger charge is -2.53. The Morgan fingerprint density at radius 1 is 1.24 bits per heavy atom. The lowest BCUT2D eigenvalue weighted by atomic mass is 9.53. The third-order valence-corrected chi connectivity index (χ3v) is 7.93. The van der Waals surface area contributed by atoms with E-state index < -0.39 is 5.79 Å². The zero-order valence-corrected chi connectivity index (χ0v) is 15.0. The topological polar surface area (TPSA) is 64.7 Å². The zero-order valence-electron chi connectivity index (χ0n) is 15.0. The molecule has 0 amide bonds. The Morgan fingerprint density at radius 2 is 2.04 bits per heavy atom. The Balaban J connectivity index is 1.55. The number of nitrogens with two attached hydrogens (primary N) is 1. The van der Waals surface area contributed by atoms with E-state index in [4.69, 9.17) is 15.2 Å². The Morgan fingerprint density at radius 3 is 2.80 bits per heavy atom. The number of phenolic OH excluding ortho intramolecular Hbond substituents is 1. The van der Waals surface area contributed by atoms with Gasteiger partial charge in [-0.3, -0.25) is 0 Å². The molecule has 5 atom stereocenters. The van der Waals surface area contributed by atoms with Crippen LogP contribution in [0.4, 0.5) is 0 Å². The molecular weight excluding hydrogens is 314 g/mol. The van der Waals surface area contributed by atoms with Crippen LogP contribution in [0.5, 0.6) is 5.75 Å². The van der Waals surface area contributed by atoms with Gasteiger partial charge < -0.3 is 20.3 Å². The minimum atomic E-state index is -0.401. The maximum Gasteiger partial charge on any atom is 0.174 e. The van der Waals surface area contributed by atoms with Gasteiger partial charge in [0.25, 0.3) is 0 Å². The van der Waals surface area contributed by atoms with E-state index in [0.717, 1.165) is 39.0 Å². The fraction of sp³-hybridized carbons (Fsp3) is 0.714. The van der Waals surface area contributed by atoms with Gasteiger partial charge in [-0.2, -0.15) is 0 Å². The molecule has 4 aliphatic rings. The second kappa shape index (κ2) is 5.45. The lowest BCUT2D eigenvalue weighted by molar-refractivity contribution is -0.237. The molecule has 3 aliphatic carbocycles. The van der Waals surface area contributed by atoms with Crippen molar-refractivity contribution in [2.24, 2.45) is 28.9 Å². The molecule has 0 bridgehead atoms. The molecule has 5 rings (SSSR count). The molecule has 3 fully saturated rings. The molecule has 1 aromatic carbocycles. The van der Waals surface area contributed by atoms with Gasteiger partial charge in [-0.25, -0.2) is 0 Å². The predicted octanol–water partition coefficient (Wildman–Crippen LogP) is 3.18. The van der Waals surface area contributed by atoms with Crippen molar-refractivity contribution in [1.82, 2.24) is 0 Å². The summed E-state index contributed by atoms with van der Waals surface area (Å²) in [6.45, 7) is 4.56. The van der Waals surface area contributed by atoms with Crippen LogP contribution in [0.25, 0.3) is 0 Å². The molecule has 1 aromatic rings. The molecule has 1 spiro atoms. The maximum absolute atomic E-state index is 9.85. The maximum atomic E-state index is 9.85. The summed E-state index contributed by atoms with van der Waals surface area (Å²) in [5.41, 5.74) is 9.12. The largest absolute Gasteiger partial charge is 0.508 e. The molecule has 136 valence electrons. The Labute approximate surface area is 149 Å². The number of fused-ring (bicyclic) bond motifs is 6. The molecule has 4 nitrogen and oxygen atoms in total. The van der Waals surface area contributed by atoms with Crippen molar-refractivity contribution in [2.45, 2.75) is 50.7 Å². The van der Waals surface area contributed by atoms with Gasteiger partial charge in [-0.05, 0) is 79.2 Å². The molecule has 1 aliphatic heterocycles. The number of benzene rings is 1. The number of phenols is 1. The van der Waals surface area contributed by atoms with Gasteiger partial charge in [0.1, 0.15) is 5.75 Å². The summed E-state index contributed by atoms with van der Waals surface area (Å²) in [6.07, 6.45) is 5.52. The standard InChI is InChI=1S/C21H29NO3/c1-20-7-6-17-16-5-3-15(23)10-13(16)2-4-18(17)19(20)14(12-22)11-21(20)24-8-9-25-21/h3,5,10,14,17-19,23H,2,4,6-9,11-12,22H2,1H3/t14-,17?,18?,19?,20?/m1/s1.